The van der Waals surface area contributed by atoms with Crippen LogP contribution in [0.4, 0.5) is 0 Å². The highest BCUT2D eigenvalue weighted by Crippen LogP contribution is 2.35. The van der Waals surface area contributed by atoms with Gasteiger partial charge in [0.25, 0.3) is 0 Å². The Balaban J connectivity index is 2.17. The molecule has 2 atom stereocenters. The minimum absolute atomic E-state index is 0.707. The van der Waals surface area contributed by atoms with E-state index in [2.05, 4.69) is 30.5 Å². The molecule has 2 heteroatoms. The predicted molar refractivity (Wildman–Crippen MR) is 59.3 cm³/mol. The SMILES string of the molecule is Cc1ccc(C)n1C1CCC(CN)C1. The Morgan fingerprint density at radius 2 is 1.93 bits per heavy atom. The maximum absolute atomic E-state index is 5.72. The smallest absolute Gasteiger partial charge is 0.0338 e. The van der Waals surface area contributed by atoms with E-state index in [1.807, 2.05) is 0 Å². The van der Waals surface area contributed by atoms with Crippen molar-refractivity contribution in [1.82, 2.24) is 4.57 Å². The van der Waals surface area contributed by atoms with Gasteiger partial charge in [-0.3, -0.25) is 0 Å². The van der Waals surface area contributed by atoms with E-state index in [0.717, 1.165) is 12.5 Å². The lowest BCUT2D eigenvalue weighted by molar-refractivity contribution is 0.469. The zero-order chi connectivity index (χ0) is 10.1. The van der Waals surface area contributed by atoms with Crippen LogP contribution in [0.2, 0.25) is 0 Å². The Hall–Kier alpha value is -0.760. The number of nitrogens with two attached hydrogens (primary N) is 1. The minimum atomic E-state index is 0.707. The molecule has 14 heavy (non-hydrogen) atoms. The van der Waals surface area contributed by atoms with Crippen molar-refractivity contribution in [3.63, 3.8) is 0 Å². The molecule has 2 rings (SSSR count). The lowest BCUT2D eigenvalue weighted by Crippen LogP contribution is -2.13. The van der Waals surface area contributed by atoms with E-state index in [1.165, 1.54) is 30.7 Å². The number of rotatable bonds is 2. The summed E-state index contributed by atoms with van der Waals surface area (Å²) in [6.45, 7) is 5.25. The molecular formula is C12H20N2. The number of hydrogen-bond acceptors (Lipinski definition) is 1. The summed E-state index contributed by atoms with van der Waals surface area (Å²) >= 11 is 0. The number of hydrogen-bond donors (Lipinski definition) is 1. The van der Waals surface area contributed by atoms with E-state index in [-0.39, 0.29) is 0 Å². The van der Waals surface area contributed by atoms with Gasteiger partial charge in [-0.1, -0.05) is 0 Å². The topological polar surface area (TPSA) is 30.9 Å². The summed E-state index contributed by atoms with van der Waals surface area (Å²) in [4.78, 5) is 0. The molecule has 1 fully saturated rings. The van der Waals surface area contributed by atoms with Crippen LogP contribution in [0, 0.1) is 19.8 Å². The summed E-state index contributed by atoms with van der Waals surface area (Å²) in [7, 11) is 0. The molecule has 2 N–H and O–H groups in total. The maximum Gasteiger partial charge on any atom is 0.0338 e. The molecule has 1 aromatic rings. The van der Waals surface area contributed by atoms with Crippen LogP contribution in [0.5, 0.6) is 0 Å². The van der Waals surface area contributed by atoms with E-state index in [1.54, 1.807) is 0 Å². The molecule has 1 heterocycles. The van der Waals surface area contributed by atoms with Crippen molar-refractivity contribution < 1.29 is 0 Å². The molecule has 2 unspecified atom stereocenters. The van der Waals surface area contributed by atoms with Crippen molar-refractivity contribution in [1.29, 1.82) is 0 Å². The molecule has 0 radical (unpaired) electrons. The summed E-state index contributed by atoms with van der Waals surface area (Å²) in [6, 6.07) is 5.13. The average molecular weight is 192 g/mol. The Morgan fingerprint density at radius 1 is 1.29 bits per heavy atom. The zero-order valence-corrected chi connectivity index (χ0v) is 9.16. The average Bonchev–Trinajstić information content (AvgIpc) is 2.73. The fraction of sp³-hybridized carbons (Fsp3) is 0.667. The van der Waals surface area contributed by atoms with Gasteiger partial charge in [0.15, 0.2) is 0 Å². The molecule has 1 aromatic heterocycles. The molecule has 1 aliphatic rings. The first kappa shape index (κ1) is 9.78. The summed E-state index contributed by atoms with van der Waals surface area (Å²) in [5, 5.41) is 0. The highest BCUT2D eigenvalue weighted by molar-refractivity contribution is 5.15. The van der Waals surface area contributed by atoms with Crippen LogP contribution in [0.1, 0.15) is 36.7 Å². The van der Waals surface area contributed by atoms with Crippen molar-refractivity contribution in [2.75, 3.05) is 6.54 Å². The molecule has 1 aliphatic carbocycles. The molecule has 0 aliphatic heterocycles. The first-order valence-corrected chi connectivity index (χ1v) is 5.57. The molecular weight excluding hydrogens is 172 g/mol. The third-order valence-corrected chi connectivity index (χ3v) is 3.54. The van der Waals surface area contributed by atoms with Gasteiger partial charge in [0.05, 0.1) is 0 Å². The Labute approximate surface area is 86.1 Å². The predicted octanol–water partition coefficient (Wildman–Crippen LogP) is 2.40. The molecule has 0 aromatic carbocycles. The van der Waals surface area contributed by atoms with Gasteiger partial charge in [0, 0.05) is 17.4 Å². The minimum Gasteiger partial charge on any atom is -0.346 e. The molecule has 1 saturated carbocycles. The first-order valence-electron chi connectivity index (χ1n) is 5.57. The second kappa shape index (κ2) is 3.77. The van der Waals surface area contributed by atoms with Gasteiger partial charge in [0.1, 0.15) is 0 Å². The second-order valence-corrected chi connectivity index (χ2v) is 4.55. The second-order valence-electron chi connectivity index (χ2n) is 4.55. The van der Waals surface area contributed by atoms with Gasteiger partial charge in [-0.05, 0) is 57.7 Å². The van der Waals surface area contributed by atoms with E-state index >= 15 is 0 Å². The van der Waals surface area contributed by atoms with Crippen LogP contribution in [-0.2, 0) is 0 Å². The molecule has 0 saturated heterocycles. The summed E-state index contributed by atoms with van der Waals surface area (Å²) in [5.41, 5.74) is 8.50. The molecule has 0 amide bonds. The summed E-state index contributed by atoms with van der Waals surface area (Å²) in [5.74, 6) is 0.751. The van der Waals surface area contributed by atoms with Crippen molar-refractivity contribution in [2.45, 2.75) is 39.2 Å². The van der Waals surface area contributed by atoms with Crippen LogP contribution in [0.3, 0.4) is 0 Å². The van der Waals surface area contributed by atoms with Gasteiger partial charge in [0.2, 0.25) is 0 Å². The van der Waals surface area contributed by atoms with Crippen LogP contribution in [0.25, 0.3) is 0 Å². The van der Waals surface area contributed by atoms with Crippen LogP contribution >= 0.6 is 0 Å². The van der Waals surface area contributed by atoms with Gasteiger partial charge >= 0.3 is 0 Å². The van der Waals surface area contributed by atoms with E-state index in [0.29, 0.717) is 6.04 Å². The van der Waals surface area contributed by atoms with Gasteiger partial charge < -0.3 is 10.3 Å². The van der Waals surface area contributed by atoms with Crippen LogP contribution in [-0.4, -0.2) is 11.1 Å². The van der Waals surface area contributed by atoms with Crippen molar-refractivity contribution in [3.05, 3.63) is 23.5 Å². The van der Waals surface area contributed by atoms with Crippen molar-refractivity contribution >= 4 is 0 Å². The van der Waals surface area contributed by atoms with Crippen LogP contribution < -0.4 is 5.73 Å². The Morgan fingerprint density at radius 3 is 2.43 bits per heavy atom. The molecule has 0 bridgehead atoms. The monoisotopic (exact) mass is 192 g/mol. The van der Waals surface area contributed by atoms with Gasteiger partial charge in [-0.15, -0.1) is 0 Å². The van der Waals surface area contributed by atoms with E-state index in [9.17, 15) is 0 Å². The fourth-order valence-corrected chi connectivity index (χ4v) is 2.75. The lowest BCUT2D eigenvalue weighted by Gasteiger charge is -2.17. The fourth-order valence-electron chi connectivity index (χ4n) is 2.75. The standard InChI is InChI=1S/C12H20N2/c1-9-3-4-10(2)14(9)12-6-5-11(7-12)8-13/h3-4,11-12H,5-8,13H2,1-2H3. The highest BCUT2D eigenvalue weighted by atomic mass is 15.0. The van der Waals surface area contributed by atoms with E-state index in [4.69, 9.17) is 5.73 Å². The van der Waals surface area contributed by atoms with Crippen molar-refractivity contribution in [3.8, 4) is 0 Å². The number of nitrogens with zero attached hydrogens (tertiary/aromatic N) is 1. The largest absolute Gasteiger partial charge is 0.346 e. The zero-order valence-electron chi connectivity index (χ0n) is 9.16. The summed E-state index contributed by atoms with van der Waals surface area (Å²) in [6.07, 6.45) is 3.88. The first-order chi connectivity index (χ1) is 6.72. The lowest BCUT2D eigenvalue weighted by atomic mass is 10.1. The van der Waals surface area contributed by atoms with Crippen molar-refractivity contribution in [2.24, 2.45) is 11.7 Å². The van der Waals surface area contributed by atoms with Gasteiger partial charge in [-0.25, -0.2) is 0 Å². The third kappa shape index (κ3) is 1.59. The number of aryl methyl sites for hydroxylation is 2. The van der Waals surface area contributed by atoms with Crippen LogP contribution in [0.15, 0.2) is 12.1 Å². The third-order valence-electron chi connectivity index (χ3n) is 3.54. The normalized spacial score (nSPS) is 27.1. The molecule has 0 spiro atoms. The number of aromatic nitrogens is 1. The van der Waals surface area contributed by atoms with Gasteiger partial charge in [-0.2, -0.15) is 0 Å². The Kier molecular flexibility index (Phi) is 2.64. The molecule has 78 valence electrons. The Bertz CT molecular complexity index is 295. The molecule has 2 nitrogen and oxygen atoms in total. The summed E-state index contributed by atoms with van der Waals surface area (Å²) < 4.78 is 2.48. The quantitative estimate of drug-likeness (QED) is 0.766. The van der Waals surface area contributed by atoms with E-state index < -0.39 is 0 Å². The maximum atomic E-state index is 5.72. The highest BCUT2D eigenvalue weighted by Gasteiger charge is 2.25.